The van der Waals surface area contributed by atoms with Crippen LogP contribution in [0, 0.1) is 0 Å². The Labute approximate surface area is 147 Å². The molecule has 2 aromatic carbocycles. The van der Waals surface area contributed by atoms with Gasteiger partial charge in [-0.05, 0) is 32.2 Å². The molecule has 0 aliphatic carbocycles. The first-order valence-electron chi connectivity index (χ1n) is 8.42. The minimum atomic E-state index is -0.681. The highest BCUT2D eigenvalue weighted by Gasteiger charge is 2.22. The molecule has 132 valence electrons. The van der Waals surface area contributed by atoms with Crippen LogP contribution >= 0.6 is 0 Å². The van der Waals surface area contributed by atoms with Crippen molar-refractivity contribution in [2.24, 2.45) is 0 Å². The number of hydrogen-bond donors (Lipinski definition) is 0. The lowest BCUT2D eigenvalue weighted by Crippen LogP contribution is -2.24. The van der Waals surface area contributed by atoms with Gasteiger partial charge in [0, 0.05) is 23.8 Å². The third kappa shape index (κ3) is 4.38. The molecule has 0 atom stereocenters. The predicted molar refractivity (Wildman–Crippen MR) is 98.3 cm³/mol. The van der Waals surface area contributed by atoms with E-state index in [4.69, 9.17) is 9.47 Å². The molecule has 0 aliphatic rings. The van der Waals surface area contributed by atoms with Gasteiger partial charge in [-0.15, -0.1) is 0 Å². The average molecular weight is 341 g/mol. The molecule has 0 bridgehead atoms. The van der Waals surface area contributed by atoms with Crippen LogP contribution in [0.3, 0.4) is 0 Å². The maximum absolute atomic E-state index is 12.2. The van der Waals surface area contributed by atoms with E-state index in [0.717, 1.165) is 16.5 Å². The SMILES string of the molecule is CCOC(=O)C(=CN(CC)c1cccc2ccccc12)C(=O)OCC. The Hall–Kier alpha value is -2.82. The number of carbonyl (C=O) groups excluding carboxylic acids is 2. The van der Waals surface area contributed by atoms with Gasteiger partial charge in [-0.2, -0.15) is 0 Å². The summed E-state index contributed by atoms with van der Waals surface area (Å²) < 4.78 is 10.0. The average Bonchev–Trinajstić information content (AvgIpc) is 2.62. The Morgan fingerprint density at radius 3 is 2.12 bits per heavy atom. The summed E-state index contributed by atoms with van der Waals surface area (Å²) in [7, 11) is 0. The van der Waals surface area contributed by atoms with Crippen molar-refractivity contribution >= 4 is 28.4 Å². The lowest BCUT2D eigenvalue weighted by Gasteiger charge is -2.21. The van der Waals surface area contributed by atoms with Crippen LogP contribution in [0.5, 0.6) is 0 Å². The van der Waals surface area contributed by atoms with E-state index in [1.165, 1.54) is 6.20 Å². The molecule has 0 saturated carbocycles. The van der Waals surface area contributed by atoms with Crippen LogP contribution in [0.4, 0.5) is 5.69 Å². The normalized spacial score (nSPS) is 10.2. The summed E-state index contributed by atoms with van der Waals surface area (Å²) in [4.78, 5) is 26.2. The van der Waals surface area contributed by atoms with E-state index in [1.54, 1.807) is 13.8 Å². The summed E-state index contributed by atoms with van der Waals surface area (Å²) in [6, 6.07) is 13.9. The molecule has 0 fully saturated rings. The van der Waals surface area contributed by atoms with Crippen LogP contribution in [-0.4, -0.2) is 31.7 Å². The summed E-state index contributed by atoms with van der Waals surface area (Å²) in [6.07, 6.45) is 1.51. The monoisotopic (exact) mass is 341 g/mol. The lowest BCUT2D eigenvalue weighted by atomic mass is 10.1. The van der Waals surface area contributed by atoms with Crippen LogP contribution < -0.4 is 4.90 Å². The van der Waals surface area contributed by atoms with Crippen LogP contribution in [0.1, 0.15) is 20.8 Å². The second-order valence-electron chi connectivity index (χ2n) is 5.27. The lowest BCUT2D eigenvalue weighted by molar-refractivity contribution is -0.146. The molecule has 0 saturated heterocycles. The Morgan fingerprint density at radius 1 is 0.920 bits per heavy atom. The van der Waals surface area contributed by atoms with Crippen molar-refractivity contribution < 1.29 is 19.1 Å². The zero-order chi connectivity index (χ0) is 18.2. The van der Waals surface area contributed by atoms with E-state index in [0.29, 0.717) is 6.54 Å². The van der Waals surface area contributed by atoms with Crippen molar-refractivity contribution in [2.75, 3.05) is 24.7 Å². The highest BCUT2D eigenvalue weighted by atomic mass is 16.6. The van der Waals surface area contributed by atoms with Crippen LogP contribution in [-0.2, 0) is 19.1 Å². The van der Waals surface area contributed by atoms with Gasteiger partial charge in [-0.1, -0.05) is 36.4 Å². The van der Waals surface area contributed by atoms with Crippen molar-refractivity contribution in [3.05, 3.63) is 54.2 Å². The summed E-state index contributed by atoms with van der Waals surface area (Å²) in [5, 5.41) is 2.12. The predicted octanol–water partition coefficient (Wildman–Crippen LogP) is 3.68. The summed E-state index contributed by atoms with van der Waals surface area (Å²) >= 11 is 0. The Morgan fingerprint density at radius 2 is 1.52 bits per heavy atom. The molecule has 0 aliphatic heterocycles. The molecule has 2 aromatic rings. The number of rotatable bonds is 7. The number of hydrogen-bond acceptors (Lipinski definition) is 5. The van der Waals surface area contributed by atoms with E-state index in [9.17, 15) is 9.59 Å². The molecule has 2 rings (SSSR count). The van der Waals surface area contributed by atoms with Gasteiger partial charge in [-0.3, -0.25) is 0 Å². The van der Waals surface area contributed by atoms with E-state index in [2.05, 4.69) is 0 Å². The van der Waals surface area contributed by atoms with E-state index < -0.39 is 11.9 Å². The molecular weight excluding hydrogens is 318 g/mol. The summed E-state index contributed by atoms with van der Waals surface area (Å²) in [5.41, 5.74) is 0.796. The first kappa shape index (κ1) is 18.5. The molecule has 0 unspecified atom stereocenters. The fraction of sp³-hybridized carbons (Fsp3) is 0.300. The molecule has 0 radical (unpaired) electrons. The van der Waals surface area contributed by atoms with Crippen molar-refractivity contribution in [1.82, 2.24) is 0 Å². The van der Waals surface area contributed by atoms with Crippen molar-refractivity contribution in [1.29, 1.82) is 0 Å². The van der Waals surface area contributed by atoms with Gasteiger partial charge in [0.25, 0.3) is 0 Å². The number of fused-ring (bicyclic) bond motifs is 1. The van der Waals surface area contributed by atoms with Gasteiger partial charge in [0.05, 0.1) is 13.2 Å². The number of esters is 2. The highest BCUT2D eigenvalue weighted by molar-refractivity contribution is 6.14. The first-order chi connectivity index (χ1) is 12.1. The fourth-order valence-electron chi connectivity index (χ4n) is 2.55. The number of carbonyl (C=O) groups is 2. The number of anilines is 1. The topological polar surface area (TPSA) is 55.8 Å². The Kier molecular flexibility index (Phi) is 6.57. The molecule has 5 nitrogen and oxygen atoms in total. The van der Waals surface area contributed by atoms with Gasteiger partial charge in [-0.25, -0.2) is 9.59 Å². The number of ether oxygens (including phenoxy) is 2. The molecule has 0 heterocycles. The summed E-state index contributed by atoms with van der Waals surface area (Å²) in [6.45, 7) is 6.31. The largest absolute Gasteiger partial charge is 0.462 e. The zero-order valence-corrected chi connectivity index (χ0v) is 14.8. The van der Waals surface area contributed by atoms with Crippen molar-refractivity contribution in [3.8, 4) is 0 Å². The quantitative estimate of drug-likeness (QED) is 0.333. The van der Waals surface area contributed by atoms with E-state index >= 15 is 0 Å². The fourth-order valence-corrected chi connectivity index (χ4v) is 2.55. The first-order valence-corrected chi connectivity index (χ1v) is 8.42. The number of benzene rings is 2. The molecule has 0 aromatic heterocycles. The maximum Gasteiger partial charge on any atom is 0.347 e. The van der Waals surface area contributed by atoms with Crippen molar-refractivity contribution in [2.45, 2.75) is 20.8 Å². The van der Waals surface area contributed by atoms with Gasteiger partial charge in [0.1, 0.15) is 0 Å². The smallest absolute Gasteiger partial charge is 0.347 e. The molecule has 25 heavy (non-hydrogen) atoms. The molecule has 0 amide bonds. The molecule has 5 heteroatoms. The van der Waals surface area contributed by atoms with Crippen LogP contribution in [0.25, 0.3) is 10.8 Å². The van der Waals surface area contributed by atoms with Gasteiger partial charge < -0.3 is 14.4 Å². The van der Waals surface area contributed by atoms with E-state index in [1.807, 2.05) is 54.3 Å². The standard InChI is InChI=1S/C20H23NO4/c1-4-21(14-17(19(22)24-5-2)20(23)25-6-3)18-13-9-11-15-10-7-8-12-16(15)18/h7-14H,4-6H2,1-3H3. The minimum absolute atomic E-state index is 0.113. The zero-order valence-electron chi connectivity index (χ0n) is 14.8. The van der Waals surface area contributed by atoms with Gasteiger partial charge in [0.2, 0.25) is 0 Å². The Balaban J connectivity index is 2.49. The van der Waals surface area contributed by atoms with Gasteiger partial charge in [0.15, 0.2) is 5.57 Å². The van der Waals surface area contributed by atoms with Crippen LogP contribution in [0.15, 0.2) is 54.2 Å². The van der Waals surface area contributed by atoms with Gasteiger partial charge >= 0.3 is 11.9 Å². The minimum Gasteiger partial charge on any atom is -0.462 e. The highest BCUT2D eigenvalue weighted by Crippen LogP contribution is 2.27. The second kappa shape index (κ2) is 8.87. The molecule has 0 spiro atoms. The third-order valence-electron chi connectivity index (χ3n) is 3.69. The summed E-state index contributed by atoms with van der Waals surface area (Å²) in [5.74, 6) is -1.36. The van der Waals surface area contributed by atoms with E-state index in [-0.39, 0.29) is 18.8 Å². The third-order valence-corrected chi connectivity index (χ3v) is 3.69. The van der Waals surface area contributed by atoms with Crippen LogP contribution in [0.2, 0.25) is 0 Å². The number of nitrogens with zero attached hydrogens (tertiary/aromatic N) is 1. The Bertz CT molecular complexity index is 757. The molecule has 0 N–H and O–H groups in total. The second-order valence-corrected chi connectivity index (χ2v) is 5.27. The maximum atomic E-state index is 12.2. The molecular formula is C20H23NO4. The van der Waals surface area contributed by atoms with Crippen molar-refractivity contribution in [3.63, 3.8) is 0 Å².